The minimum absolute atomic E-state index is 0.0761. The molecule has 1 fully saturated rings. The van der Waals surface area contributed by atoms with Crippen LogP contribution in [0.25, 0.3) is 28.7 Å². The van der Waals surface area contributed by atoms with Crippen molar-refractivity contribution in [1.82, 2.24) is 19.7 Å². The number of halogens is 1. The fourth-order valence-electron chi connectivity index (χ4n) is 5.21. The van der Waals surface area contributed by atoms with Gasteiger partial charge in [-0.05, 0) is 68.8 Å². The quantitative estimate of drug-likeness (QED) is 0.367. The van der Waals surface area contributed by atoms with Crippen molar-refractivity contribution in [3.63, 3.8) is 0 Å². The number of morpholine rings is 1. The Balaban J connectivity index is 1.33. The first-order chi connectivity index (χ1) is 20.0. The van der Waals surface area contributed by atoms with Gasteiger partial charge in [-0.25, -0.2) is 4.99 Å². The fraction of sp³-hybridized carbons (Fsp3) is 0.290. The summed E-state index contributed by atoms with van der Waals surface area (Å²) >= 11 is 6.67. The SMILES string of the molecule is CCn1c(=O)c(-c2ccc(-c3nnco3)cc2Cl)cc2/c1=N\C(Nc1ccc(C3CN(C)CCO3)cc1)=C/CC\C=2. The Morgan fingerprint density at radius 2 is 1.90 bits per heavy atom. The van der Waals surface area contributed by atoms with Crippen LogP contribution in [0.4, 0.5) is 5.69 Å². The maximum Gasteiger partial charge on any atom is 0.260 e. The molecule has 10 heteroatoms. The number of nitrogens with one attached hydrogen (secondary N) is 1. The number of pyridine rings is 1. The van der Waals surface area contributed by atoms with Gasteiger partial charge in [0.2, 0.25) is 12.3 Å². The number of ether oxygens (including phenoxy) is 1. The molecule has 9 nitrogen and oxygen atoms in total. The van der Waals surface area contributed by atoms with Gasteiger partial charge in [0.15, 0.2) is 0 Å². The first-order valence-electron chi connectivity index (χ1n) is 13.8. The van der Waals surface area contributed by atoms with Crippen molar-refractivity contribution in [2.45, 2.75) is 32.4 Å². The highest BCUT2D eigenvalue weighted by molar-refractivity contribution is 6.33. The van der Waals surface area contributed by atoms with Gasteiger partial charge in [-0.3, -0.25) is 9.36 Å². The predicted molar refractivity (Wildman–Crippen MR) is 159 cm³/mol. The molecule has 0 saturated carbocycles. The second-order valence-electron chi connectivity index (χ2n) is 10.2. The number of hydrogen-bond acceptors (Lipinski definition) is 8. The molecule has 0 bridgehead atoms. The molecule has 1 saturated heterocycles. The third-order valence-electron chi connectivity index (χ3n) is 7.39. The van der Waals surface area contributed by atoms with Gasteiger partial charge in [-0.15, -0.1) is 10.2 Å². The maximum absolute atomic E-state index is 13.7. The van der Waals surface area contributed by atoms with Crippen molar-refractivity contribution in [1.29, 1.82) is 0 Å². The van der Waals surface area contributed by atoms with Crippen LogP contribution in [0.3, 0.4) is 0 Å². The Kier molecular flexibility index (Phi) is 7.82. The number of hydrogen-bond donors (Lipinski definition) is 1. The largest absolute Gasteiger partial charge is 0.423 e. The Hall–Kier alpha value is -4.05. The highest BCUT2D eigenvalue weighted by Crippen LogP contribution is 2.30. The smallest absolute Gasteiger partial charge is 0.260 e. The van der Waals surface area contributed by atoms with Crippen LogP contribution in [-0.2, 0) is 11.3 Å². The Morgan fingerprint density at radius 1 is 1.07 bits per heavy atom. The summed E-state index contributed by atoms with van der Waals surface area (Å²) in [5, 5.41) is 12.4. The highest BCUT2D eigenvalue weighted by atomic mass is 35.5. The van der Waals surface area contributed by atoms with Crippen molar-refractivity contribution in [3.05, 3.63) is 98.5 Å². The summed E-state index contributed by atoms with van der Waals surface area (Å²) in [6, 6.07) is 15.6. The molecule has 2 aliphatic heterocycles. The number of likely N-dealkylation sites (N-methyl/N-ethyl adjacent to an activating group) is 1. The maximum atomic E-state index is 13.7. The number of nitrogens with zero attached hydrogens (tertiary/aromatic N) is 5. The van der Waals surface area contributed by atoms with Crippen LogP contribution in [0.15, 0.2) is 81.0 Å². The zero-order valence-electron chi connectivity index (χ0n) is 23.0. The van der Waals surface area contributed by atoms with E-state index in [0.717, 1.165) is 49.0 Å². The third-order valence-corrected chi connectivity index (χ3v) is 7.70. The molecule has 4 aromatic rings. The summed E-state index contributed by atoms with van der Waals surface area (Å²) in [7, 11) is 2.12. The summed E-state index contributed by atoms with van der Waals surface area (Å²) in [6.45, 7) is 4.98. The van der Waals surface area contributed by atoms with Crippen molar-refractivity contribution in [3.8, 4) is 22.6 Å². The van der Waals surface area contributed by atoms with E-state index in [2.05, 4.69) is 51.7 Å². The lowest BCUT2D eigenvalue weighted by Crippen LogP contribution is -2.44. The summed E-state index contributed by atoms with van der Waals surface area (Å²) in [5.74, 6) is 1.07. The molecule has 1 unspecified atom stereocenters. The molecule has 210 valence electrons. The van der Waals surface area contributed by atoms with E-state index in [0.29, 0.717) is 45.5 Å². The predicted octanol–water partition coefficient (Wildman–Crippen LogP) is 4.39. The molecule has 2 aliphatic rings. The van der Waals surface area contributed by atoms with Crippen molar-refractivity contribution < 1.29 is 9.15 Å². The van der Waals surface area contributed by atoms with E-state index >= 15 is 0 Å². The van der Waals surface area contributed by atoms with Crippen LogP contribution in [-0.4, -0.2) is 46.4 Å². The Morgan fingerprint density at radius 3 is 2.63 bits per heavy atom. The molecular formula is C31H31ClN6O3. The fourth-order valence-corrected chi connectivity index (χ4v) is 5.49. The van der Waals surface area contributed by atoms with Crippen LogP contribution < -0.4 is 21.6 Å². The van der Waals surface area contributed by atoms with Gasteiger partial charge in [0.05, 0.1) is 12.7 Å². The summed E-state index contributed by atoms with van der Waals surface area (Å²) in [4.78, 5) is 21.0. The van der Waals surface area contributed by atoms with Crippen LogP contribution >= 0.6 is 11.6 Å². The van der Waals surface area contributed by atoms with Crippen LogP contribution in [0.1, 0.15) is 31.4 Å². The minimum Gasteiger partial charge on any atom is -0.423 e. The molecule has 0 amide bonds. The number of benzene rings is 2. The average Bonchev–Trinajstić information content (AvgIpc) is 3.51. The minimum atomic E-state index is -0.155. The van der Waals surface area contributed by atoms with Crippen molar-refractivity contribution in [2.75, 3.05) is 32.1 Å². The van der Waals surface area contributed by atoms with Gasteiger partial charge in [0, 0.05) is 52.3 Å². The summed E-state index contributed by atoms with van der Waals surface area (Å²) < 4.78 is 12.9. The third kappa shape index (κ3) is 5.74. The van der Waals surface area contributed by atoms with E-state index in [9.17, 15) is 4.79 Å². The first kappa shape index (κ1) is 27.1. The number of aromatic nitrogens is 3. The molecular weight excluding hydrogens is 540 g/mol. The monoisotopic (exact) mass is 570 g/mol. The Bertz CT molecular complexity index is 1760. The van der Waals surface area contributed by atoms with Gasteiger partial charge in [0.25, 0.3) is 5.56 Å². The number of allylic oxidation sites excluding steroid dienone is 1. The van der Waals surface area contributed by atoms with Crippen LogP contribution in [0.2, 0.25) is 5.02 Å². The van der Waals surface area contributed by atoms with E-state index in [-0.39, 0.29) is 11.7 Å². The molecule has 41 heavy (non-hydrogen) atoms. The topological polar surface area (TPSA) is 97.8 Å². The molecule has 0 spiro atoms. The zero-order valence-corrected chi connectivity index (χ0v) is 23.8. The number of rotatable bonds is 6. The molecule has 4 heterocycles. The van der Waals surface area contributed by atoms with Gasteiger partial charge >= 0.3 is 0 Å². The van der Waals surface area contributed by atoms with E-state index in [4.69, 9.17) is 25.7 Å². The molecule has 0 radical (unpaired) electrons. The average molecular weight is 571 g/mol. The van der Waals surface area contributed by atoms with Gasteiger partial charge < -0.3 is 19.4 Å². The second kappa shape index (κ2) is 11.8. The molecule has 0 aliphatic carbocycles. The van der Waals surface area contributed by atoms with E-state index in [1.54, 1.807) is 10.6 Å². The lowest BCUT2D eigenvalue weighted by Gasteiger charge is -2.30. The van der Waals surface area contributed by atoms with Crippen LogP contribution in [0, 0.1) is 0 Å². The molecule has 2 aromatic carbocycles. The summed E-state index contributed by atoms with van der Waals surface area (Å²) in [6.07, 6.45) is 7.16. The van der Waals surface area contributed by atoms with E-state index in [1.165, 1.54) is 6.39 Å². The molecule has 2 aromatic heterocycles. The lowest BCUT2D eigenvalue weighted by molar-refractivity contribution is -0.0208. The van der Waals surface area contributed by atoms with Crippen LogP contribution in [0.5, 0.6) is 0 Å². The van der Waals surface area contributed by atoms with E-state index < -0.39 is 0 Å². The summed E-state index contributed by atoms with van der Waals surface area (Å²) in [5.41, 5.74) is 4.39. The normalized spacial score (nSPS) is 20.4. The lowest BCUT2D eigenvalue weighted by atomic mass is 10.0. The molecule has 6 rings (SSSR count). The highest BCUT2D eigenvalue weighted by Gasteiger charge is 2.19. The van der Waals surface area contributed by atoms with E-state index in [1.807, 2.05) is 37.3 Å². The van der Waals surface area contributed by atoms with Gasteiger partial charge in [-0.1, -0.05) is 35.9 Å². The Labute approximate surface area is 242 Å². The zero-order chi connectivity index (χ0) is 28.3. The second-order valence-corrected chi connectivity index (χ2v) is 10.6. The first-order valence-corrected chi connectivity index (χ1v) is 14.1. The van der Waals surface area contributed by atoms with Crippen molar-refractivity contribution in [2.24, 2.45) is 4.99 Å². The number of anilines is 1. The standard InChI is InChI=1S/C31H31ClN6O3/c1-3-38-29-21(16-25(31(38)39)24-13-10-22(17-26(24)32)30-36-33-19-41-30)6-4-5-7-28(35-29)34-23-11-8-20(9-12-23)27-18-37(2)14-15-40-27/h6-13,16-17,19,27,34H,3-5,14-15,18H2,1-2H3/b21-6-,28-7-,35-29+. The van der Waals surface area contributed by atoms with Crippen molar-refractivity contribution >= 4 is 23.4 Å². The molecule has 1 atom stereocenters. The van der Waals surface area contributed by atoms with Gasteiger partial charge in [-0.2, -0.15) is 0 Å². The van der Waals surface area contributed by atoms with Gasteiger partial charge in [0.1, 0.15) is 11.3 Å². The number of fused-ring (bicyclic) bond motifs is 1. The molecule has 1 N–H and O–H groups in total.